The van der Waals surface area contributed by atoms with Crippen LogP contribution in [0.4, 0.5) is 5.82 Å². The van der Waals surface area contributed by atoms with Crippen LogP contribution in [0.25, 0.3) is 16.6 Å². The van der Waals surface area contributed by atoms with E-state index in [9.17, 15) is 9.90 Å². The van der Waals surface area contributed by atoms with E-state index in [0.29, 0.717) is 34.4 Å². The average molecular weight is 391 g/mol. The molecular weight excluding hydrogens is 370 g/mol. The van der Waals surface area contributed by atoms with Crippen molar-refractivity contribution in [1.29, 1.82) is 0 Å². The first-order chi connectivity index (χ1) is 14.3. The van der Waals surface area contributed by atoms with Gasteiger partial charge < -0.3 is 20.5 Å². The third-order valence-electron chi connectivity index (χ3n) is 4.93. The maximum absolute atomic E-state index is 12.1. The Bertz CT molecular complexity index is 1240. The number of ether oxygens (including phenoxy) is 1. The topological polar surface area (TPSA) is 105 Å². The molecule has 8 heteroatoms. The van der Waals surface area contributed by atoms with Crippen molar-refractivity contribution in [2.75, 3.05) is 26.4 Å². The van der Waals surface area contributed by atoms with Crippen LogP contribution < -0.4 is 15.0 Å². The van der Waals surface area contributed by atoms with E-state index in [1.54, 1.807) is 55.4 Å². The smallest absolute Gasteiger partial charge is 0.267 e. The number of methoxy groups -OCH3 is 1. The molecule has 0 radical (unpaired) electrons. The molecule has 29 heavy (non-hydrogen) atoms. The largest absolute Gasteiger partial charge is 0.490 e. The second-order valence-electron chi connectivity index (χ2n) is 6.83. The van der Waals surface area contributed by atoms with E-state index in [1.165, 1.54) is 4.90 Å². The highest BCUT2D eigenvalue weighted by Crippen LogP contribution is 2.23. The minimum atomic E-state index is -1.66. The molecule has 1 aliphatic heterocycles. The summed E-state index contributed by atoms with van der Waals surface area (Å²) in [6.07, 6.45) is 3.65. The molecule has 0 bridgehead atoms. The van der Waals surface area contributed by atoms with E-state index >= 15 is 0 Å². The third-order valence-corrected chi connectivity index (χ3v) is 4.93. The summed E-state index contributed by atoms with van der Waals surface area (Å²) in [7, 11) is 3.20. The van der Waals surface area contributed by atoms with E-state index in [2.05, 4.69) is 21.8 Å². The van der Waals surface area contributed by atoms with Crippen LogP contribution >= 0.6 is 0 Å². The number of nitrogens with zero attached hydrogens (tertiary/aromatic N) is 4. The van der Waals surface area contributed by atoms with E-state index in [-0.39, 0.29) is 18.5 Å². The number of rotatable bonds is 2. The summed E-state index contributed by atoms with van der Waals surface area (Å²) >= 11 is 0. The zero-order valence-corrected chi connectivity index (χ0v) is 16.0. The van der Waals surface area contributed by atoms with E-state index < -0.39 is 11.5 Å². The van der Waals surface area contributed by atoms with E-state index in [4.69, 9.17) is 11.8 Å². The standard InChI is InChI=1S/C21H19N5O3/c1-25-10-8-21(28,20(25)27)7-5-14-3-4-18(29-2)17(11-14)26-9-6-16-15(12-26)19(22)24-13-23-16/h3-4,6,9,11-13,22,28H,8,10H2,1-2H3/p+1/t21-/m0/s1/i13D. The number of likely N-dealkylation sites (N-methyl/N-ethyl adjacent to an activating group) is 1. The molecular formula is C21H20N5O3+. The Labute approximate surface area is 169 Å². The van der Waals surface area contributed by atoms with Crippen LogP contribution in [0.1, 0.15) is 13.4 Å². The summed E-state index contributed by atoms with van der Waals surface area (Å²) in [6.45, 7) is 0.467. The molecule has 1 aliphatic rings. The van der Waals surface area contributed by atoms with E-state index in [1.807, 2.05) is 0 Å². The van der Waals surface area contributed by atoms with Crippen LogP contribution in [0.5, 0.6) is 5.75 Å². The molecule has 3 heterocycles. The fourth-order valence-electron chi connectivity index (χ4n) is 3.24. The molecule has 0 aliphatic carbocycles. The van der Waals surface area contributed by atoms with Gasteiger partial charge in [0, 0.05) is 37.7 Å². The number of carbonyl (C=O) groups excluding carboxylic acids is 1. The number of amides is 1. The number of benzene rings is 1. The summed E-state index contributed by atoms with van der Waals surface area (Å²) < 4.78 is 14.9. The van der Waals surface area contributed by atoms with Gasteiger partial charge in [0.2, 0.25) is 5.60 Å². The molecule has 8 nitrogen and oxygen atoms in total. The third kappa shape index (κ3) is 3.32. The number of anilines is 1. The number of fused-ring (bicyclic) bond motifs is 1. The molecule has 1 atom stereocenters. The van der Waals surface area contributed by atoms with Crippen molar-refractivity contribution in [3.05, 3.63) is 48.5 Å². The molecule has 3 aromatic rings. The zero-order valence-electron chi connectivity index (χ0n) is 17.0. The Morgan fingerprint density at radius 3 is 2.97 bits per heavy atom. The van der Waals surface area contributed by atoms with Crippen molar-refractivity contribution in [1.82, 2.24) is 14.9 Å². The maximum atomic E-state index is 12.1. The fourth-order valence-corrected chi connectivity index (χ4v) is 3.24. The Balaban J connectivity index is 1.77. The molecule has 1 aromatic carbocycles. The molecule has 146 valence electrons. The summed E-state index contributed by atoms with van der Waals surface area (Å²) in [4.78, 5) is 21.6. The van der Waals surface area contributed by atoms with Gasteiger partial charge in [-0.05, 0) is 12.1 Å². The van der Waals surface area contributed by atoms with Gasteiger partial charge in [-0.1, -0.05) is 11.8 Å². The lowest BCUT2D eigenvalue weighted by Crippen LogP contribution is -2.37. The minimum absolute atomic E-state index is 0.141. The first-order valence-electron chi connectivity index (χ1n) is 9.45. The summed E-state index contributed by atoms with van der Waals surface area (Å²) in [5.74, 6) is 6.04. The number of aliphatic hydroxyl groups is 1. The lowest BCUT2D eigenvalue weighted by molar-refractivity contribution is -0.594. The van der Waals surface area contributed by atoms with Crippen LogP contribution in [0, 0.1) is 11.8 Å². The van der Waals surface area contributed by atoms with Crippen molar-refractivity contribution >= 4 is 22.6 Å². The second-order valence-corrected chi connectivity index (χ2v) is 6.83. The fraction of sp³-hybridized carbons (Fsp3) is 0.238. The molecule has 0 spiro atoms. The Kier molecular flexibility index (Phi) is 4.22. The van der Waals surface area contributed by atoms with Crippen LogP contribution in [-0.2, 0) is 4.79 Å². The van der Waals surface area contributed by atoms with Gasteiger partial charge in [-0.2, -0.15) is 4.57 Å². The molecule has 1 saturated heterocycles. The predicted octanol–water partition coefficient (Wildman–Crippen LogP) is 0.442. The molecule has 1 amide bonds. The lowest BCUT2D eigenvalue weighted by atomic mass is 10.0. The molecule has 2 aromatic heterocycles. The molecule has 0 unspecified atom stereocenters. The van der Waals surface area contributed by atoms with Gasteiger partial charge in [-0.3, -0.25) is 4.79 Å². The maximum Gasteiger partial charge on any atom is 0.267 e. The summed E-state index contributed by atoms with van der Waals surface area (Å²) in [5, 5.41) is 11.1. The van der Waals surface area contributed by atoms with Crippen molar-refractivity contribution in [3.8, 4) is 23.3 Å². The van der Waals surface area contributed by atoms with Crippen LogP contribution in [0.3, 0.4) is 0 Å². The minimum Gasteiger partial charge on any atom is -0.490 e. The van der Waals surface area contributed by atoms with Crippen LogP contribution in [-0.4, -0.2) is 52.2 Å². The monoisotopic (exact) mass is 391 g/mol. The Morgan fingerprint density at radius 1 is 1.41 bits per heavy atom. The van der Waals surface area contributed by atoms with Crippen molar-refractivity contribution in [2.45, 2.75) is 12.0 Å². The number of hydrogen-bond acceptors (Lipinski definition) is 6. The van der Waals surface area contributed by atoms with Gasteiger partial charge in [0.1, 0.15) is 18.9 Å². The Morgan fingerprint density at radius 2 is 2.24 bits per heavy atom. The molecule has 1 fully saturated rings. The average Bonchev–Trinajstić information content (AvgIpc) is 2.99. The number of aromatic nitrogens is 3. The van der Waals surface area contributed by atoms with Gasteiger partial charge in [0.15, 0.2) is 18.1 Å². The van der Waals surface area contributed by atoms with Crippen molar-refractivity contribution in [2.24, 2.45) is 0 Å². The number of nitrogens with two attached hydrogens (primary N) is 1. The first kappa shape index (κ1) is 17.4. The van der Waals surface area contributed by atoms with Crippen molar-refractivity contribution < 1.29 is 20.6 Å². The highest BCUT2D eigenvalue weighted by molar-refractivity contribution is 5.90. The zero-order chi connectivity index (χ0) is 21.5. The van der Waals surface area contributed by atoms with Crippen LogP contribution in [0.2, 0.25) is 0 Å². The summed E-state index contributed by atoms with van der Waals surface area (Å²) in [6, 6.07) is 7.04. The highest BCUT2D eigenvalue weighted by atomic mass is 16.5. The van der Waals surface area contributed by atoms with Gasteiger partial charge in [-0.15, -0.1) is 0 Å². The van der Waals surface area contributed by atoms with Crippen LogP contribution in [0.15, 0.2) is 43.0 Å². The number of pyridine rings is 1. The molecule has 3 N–H and O–H groups in total. The van der Waals surface area contributed by atoms with Crippen molar-refractivity contribution in [3.63, 3.8) is 0 Å². The second kappa shape index (κ2) is 7.04. The van der Waals surface area contributed by atoms with Gasteiger partial charge in [-0.25, -0.2) is 9.97 Å². The van der Waals surface area contributed by atoms with Gasteiger partial charge in [0.25, 0.3) is 11.6 Å². The predicted molar refractivity (Wildman–Crippen MR) is 106 cm³/mol. The van der Waals surface area contributed by atoms with Gasteiger partial charge >= 0.3 is 0 Å². The number of hydrogen-bond donors (Lipinski definition) is 2. The summed E-state index contributed by atoms with van der Waals surface area (Å²) in [5.41, 5.74) is 6.15. The number of nitrogen functional groups attached to an aromatic ring is 1. The SMILES string of the molecule is [2H]c1nc(N)c2c[n+](-c3cc(C#C[C@]4(O)CCN(C)C4=O)ccc3OC)ccc2n1. The highest BCUT2D eigenvalue weighted by Gasteiger charge is 2.42. The molecule has 4 rings (SSSR count). The molecule has 0 saturated carbocycles. The quantitative estimate of drug-likeness (QED) is 0.485. The normalized spacial score (nSPS) is 19.1. The number of likely N-dealkylation sites (tertiary alicyclic amines) is 1. The Hall–Kier alpha value is -3.70. The number of carbonyl (C=O) groups is 1. The van der Waals surface area contributed by atoms with E-state index in [0.717, 1.165) is 0 Å². The van der Waals surface area contributed by atoms with Gasteiger partial charge in [0.05, 0.1) is 12.6 Å². The first-order valence-corrected chi connectivity index (χ1v) is 8.95. The lowest BCUT2D eigenvalue weighted by Gasteiger charge is -2.13.